The number of nitrogens with zero attached hydrogens (tertiary/aromatic N) is 4. The van der Waals surface area contributed by atoms with Crippen LogP contribution in [0, 0.1) is 5.82 Å². The molecule has 1 aliphatic rings. The highest BCUT2D eigenvalue weighted by molar-refractivity contribution is 6.35. The Kier molecular flexibility index (Phi) is 7.77. The van der Waals surface area contributed by atoms with Crippen LogP contribution in [-0.2, 0) is 16.1 Å². The van der Waals surface area contributed by atoms with Crippen molar-refractivity contribution in [1.29, 1.82) is 0 Å². The number of rotatable bonds is 7. The van der Waals surface area contributed by atoms with Gasteiger partial charge in [0.1, 0.15) is 5.82 Å². The fourth-order valence-electron chi connectivity index (χ4n) is 4.01. The van der Waals surface area contributed by atoms with Crippen molar-refractivity contribution in [2.75, 3.05) is 37.6 Å². The van der Waals surface area contributed by atoms with Gasteiger partial charge in [0.05, 0.1) is 6.04 Å². The van der Waals surface area contributed by atoms with Crippen LogP contribution >= 0.6 is 0 Å². The first kappa shape index (κ1) is 23.3. The summed E-state index contributed by atoms with van der Waals surface area (Å²) in [6.45, 7) is 3.57. The second kappa shape index (κ2) is 11.3. The summed E-state index contributed by atoms with van der Waals surface area (Å²) in [7, 11) is 0. The van der Waals surface area contributed by atoms with Crippen molar-refractivity contribution < 1.29 is 14.0 Å². The van der Waals surface area contributed by atoms with Crippen molar-refractivity contribution in [2.24, 2.45) is 0 Å². The zero-order chi connectivity index (χ0) is 23.8. The lowest BCUT2D eigenvalue weighted by Gasteiger charge is -2.40. The number of anilines is 1. The molecule has 0 unspecified atom stereocenters. The Hall–Kier alpha value is -3.85. The molecule has 1 aliphatic heterocycles. The first-order valence-electron chi connectivity index (χ1n) is 11.2. The van der Waals surface area contributed by atoms with Crippen molar-refractivity contribution in [1.82, 2.24) is 25.5 Å². The number of carbonyl (C=O) groups excluding carboxylic acids is 2. The molecule has 1 fully saturated rings. The summed E-state index contributed by atoms with van der Waals surface area (Å²) < 4.78 is 13.3. The van der Waals surface area contributed by atoms with E-state index in [0.717, 1.165) is 43.0 Å². The molecular weight excluding hydrogens is 435 g/mol. The van der Waals surface area contributed by atoms with Gasteiger partial charge in [0.15, 0.2) is 0 Å². The molecule has 2 N–H and O–H groups in total. The van der Waals surface area contributed by atoms with Gasteiger partial charge in [-0.1, -0.05) is 6.07 Å². The summed E-state index contributed by atoms with van der Waals surface area (Å²) in [6.07, 6.45) is 6.76. The van der Waals surface area contributed by atoms with Crippen LogP contribution in [0.5, 0.6) is 0 Å². The predicted octanol–water partition coefficient (Wildman–Crippen LogP) is 1.91. The highest BCUT2D eigenvalue weighted by atomic mass is 19.1. The van der Waals surface area contributed by atoms with Crippen molar-refractivity contribution in [3.05, 3.63) is 90.3 Å². The summed E-state index contributed by atoms with van der Waals surface area (Å²) in [5.74, 6) is -1.60. The maximum absolute atomic E-state index is 13.3. The molecule has 0 radical (unpaired) electrons. The number of benzene rings is 1. The van der Waals surface area contributed by atoms with Crippen LogP contribution in [0.25, 0.3) is 0 Å². The lowest BCUT2D eigenvalue weighted by atomic mass is 10.1. The maximum atomic E-state index is 13.3. The second-order valence-corrected chi connectivity index (χ2v) is 8.05. The molecule has 0 bridgehead atoms. The number of carbonyl (C=O) groups is 2. The van der Waals surface area contributed by atoms with E-state index in [4.69, 9.17) is 0 Å². The average molecular weight is 463 g/mol. The van der Waals surface area contributed by atoms with E-state index >= 15 is 0 Å². The molecule has 34 heavy (non-hydrogen) atoms. The Morgan fingerprint density at radius 1 is 0.882 bits per heavy atom. The minimum absolute atomic E-state index is 0.124. The minimum Gasteiger partial charge on any atom is -0.369 e. The third-order valence-corrected chi connectivity index (χ3v) is 5.88. The molecule has 3 aromatic rings. The normalized spacial score (nSPS) is 14.9. The third-order valence-electron chi connectivity index (χ3n) is 5.88. The van der Waals surface area contributed by atoms with Gasteiger partial charge in [-0.05, 0) is 53.6 Å². The van der Waals surface area contributed by atoms with Gasteiger partial charge in [-0.25, -0.2) is 4.39 Å². The summed E-state index contributed by atoms with van der Waals surface area (Å²) in [4.78, 5) is 37.3. The third kappa shape index (κ3) is 6.14. The molecule has 9 heteroatoms. The van der Waals surface area contributed by atoms with Crippen LogP contribution < -0.4 is 15.5 Å². The zero-order valence-corrected chi connectivity index (χ0v) is 18.7. The first-order valence-corrected chi connectivity index (χ1v) is 11.2. The number of pyridine rings is 2. The number of aromatic nitrogens is 2. The van der Waals surface area contributed by atoms with E-state index in [0.29, 0.717) is 0 Å². The molecule has 0 saturated carbocycles. The second-order valence-electron chi connectivity index (χ2n) is 8.05. The van der Waals surface area contributed by atoms with Gasteiger partial charge in [0.2, 0.25) is 0 Å². The lowest BCUT2D eigenvalue weighted by Crippen LogP contribution is -2.50. The summed E-state index contributed by atoms with van der Waals surface area (Å²) in [6, 6.07) is 13.8. The summed E-state index contributed by atoms with van der Waals surface area (Å²) >= 11 is 0. The topological polar surface area (TPSA) is 90.5 Å². The maximum Gasteiger partial charge on any atom is 0.309 e. The van der Waals surface area contributed by atoms with Crippen molar-refractivity contribution >= 4 is 17.5 Å². The van der Waals surface area contributed by atoms with Crippen LogP contribution in [0.15, 0.2) is 73.3 Å². The van der Waals surface area contributed by atoms with Gasteiger partial charge < -0.3 is 15.5 Å². The van der Waals surface area contributed by atoms with Crippen LogP contribution in [0.3, 0.4) is 0 Å². The molecule has 1 saturated heterocycles. The molecule has 1 aromatic carbocycles. The predicted molar refractivity (Wildman–Crippen MR) is 126 cm³/mol. The largest absolute Gasteiger partial charge is 0.369 e. The van der Waals surface area contributed by atoms with Gasteiger partial charge in [0, 0.05) is 69.7 Å². The number of amides is 2. The SMILES string of the molecule is O=C(NCc1ccncc1)C(=O)NC[C@@H](c1cccnc1)N1CCN(c2ccc(F)cc2)CC1. The van der Waals surface area contributed by atoms with Gasteiger partial charge in [-0.3, -0.25) is 24.5 Å². The monoisotopic (exact) mass is 462 g/mol. The quantitative estimate of drug-likeness (QED) is 0.522. The van der Waals surface area contributed by atoms with Crippen LogP contribution in [0.4, 0.5) is 10.1 Å². The van der Waals surface area contributed by atoms with E-state index in [1.54, 1.807) is 49.1 Å². The van der Waals surface area contributed by atoms with E-state index in [1.807, 2.05) is 12.1 Å². The highest BCUT2D eigenvalue weighted by Gasteiger charge is 2.26. The first-order chi connectivity index (χ1) is 16.6. The van der Waals surface area contributed by atoms with Crippen molar-refractivity contribution in [3.63, 3.8) is 0 Å². The number of nitrogens with one attached hydrogen (secondary N) is 2. The Balaban J connectivity index is 1.35. The fourth-order valence-corrected chi connectivity index (χ4v) is 4.01. The molecule has 2 aromatic heterocycles. The molecule has 8 nitrogen and oxygen atoms in total. The van der Waals surface area contributed by atoms with Crippen LogP contribution in [-0.4, -0.2) is 59.4 Å². The van der Waals surface area contributed by atoms with Gasteiger partial charge in [-0.15, -0.1) is 0 Å². The average Bonchev–Trinajstić information content (AvgIpc) is 2.89. The molecule has 4 rings (SSSR count). The van der Waals surface area contributed by atoms with Gasteiger partial charge in [0.25, 0.3) is 0 Å². The van der Waals surface area contributed by atoms with Gasteiger partial charge in [-0.2, -0.15) is 0 Å². The molecule has 2 amide bonds. The number of hydrogen-bond acceptors (Lipinski definition) is 6. The van der Waals surface area contributed by atoms with Crippen LogP contribution in [0.2, 0.25) is 0 Å². The molecule has 3 heterocycles. The van der Waals surface area contributed by atoms with E-state index in [-0.39, 0.29) is 24.9 Å². The minimum atomic E-state index is -0.678. The Bertz CT molecular complexity index is 1070. The molecule has 0 aliphatic carbocycles. The zero-order valence-electron chi connectivity index (χ0n) is 18.7. The molecular formula is C25H27FN6O2. The molecule has 0 spiro atoms. The Morgan fingerprint density at radius 3 is 2.26 bits per heavy atom. The summed E-state index contributed by atoms with van der Waals surface area (Å²) in [5.41, 5.74) is 2.82. The van der Waals surface area contributed by atoms with E-state index in [2.05, 4.69) is 30.4 Å². The standard InChI is InChI=1S/C25H27FN6O2/c26-21-3-5-22(6-4-21)31-12-14-32(15-13-31)23(20-2-1-9-28-17-20)18-30-25(34)24(33)29-16-19-7-10-27-11-8-19/h1-11,17,23H,12-16,18H2,(H,29,33)(H,30,34)/t23-/m0/s1. The fraction of sp³-hybridized carbons (Fsp3) is 0.280. The van der Waals surface area contributed by atoms with Crippen LogP contribution in [0.1, 0.15) is 17.2 Å². The number of piperazine rings is 1. The smallest absolute Gasteiger partial charge is 0.309 e. The van der Waals surface area contributed by atoms with E-state index < -0.39 is 11.8 Å². The lowest BCUT2D eigenvalue weighted by molar-refractivity contribution is -0.139. The van der Waals surface area contributed by atoms with Crippen molar-refractivity contribution in [3.8, 4) is 0 Å². The van der Waals surface area contributed by atoms with Gasteiger partial charge >= 0.3 is 11.8 Å². The molecule has 1 atom stereocenters. The Labute approximate surface area is 197 Å². The number of hydrogen-bond donors (Lipinski definition) is 2. The molecule has 176 valence electrons. The van der Waals surface area contributed by atoms with E-state index in [1.165, 1.54) is 12.1 Å². The Morgan fingerprint density at radius 2 is 1.59 bits per heavy atom. The van der Waals surface area contributed by atoms with Crippen molar-refractivity contribution in [2.45, 2.75) is 12.6 Å². The van der Waals surface area contributed by atoms with E-state index in [9.17, 15) is 14.0 Å². The summed E-state index contributed by atoms with van der Waals surface area (Å²) in [5, 5.41) is 5.41. The highest BCUT2D eigenvalue weighted by Crippen LogP contribution is 2.23. The number of halogens is 1.